The Morgan fingerprint density at radius 1 is 1.04 bits per heavy atom. The summed E-state index contributed by atoms with van der Waals surface area (Å²) in [5.74, 6) is 0.366. The van der Waals surface area contributed by atoms with E-state index in [2.05, 4.69) is 15.6 Å². The number of benzene rings is 1. The lowest BCUT2D eigenvalue weighted by Crippen LogP contribution is -2.38. The molecule has 1 aliphatic rings. The summed E-state index contributed by atoms with van der Waals surface area (Å²) in [6, 6.07) is 6.97. The van der Waals surface area contributed by atoms with Crippen molar-refractivity contribution < 1.29 is 14.3 Å². The zero-order valence-electron chi connectivity index (χ0n) is 14.9. The van der Waals surface area contributed by atoms with Crippen molar-refractivity contribution in [2.45, 2.75) is 19.3 Å². The first-order chi connectivity index (χ1) is 12.2. The fourth-order valence-corrected chi connectivity index (χ4v) is 2.69. The summed E-state index contributed by atoms with van der Waals surface area (Å²) in [5.41, 5.74) is 1.01. The molecule has 1 aromatic rings. The summed E-state index contributed by atoms with van der Waals surface area (Å²) in [4.78, 5) is 30.0. The van der Waals surface area contributed by atoms with Gasteiger partial charge in [-0.05, 0) is 31.4 Å². The molecule has 0 radical (unpaired) electrons. The molecule has 0 saturated heterocycles. The van der Waals surface area contributed by atoms with E-state index in [1.54, 1.807) is 38.4 Å². The minimum absolute atomic E-state index is 0.191. The average molecular weight is 346 g/mol. The lowest BCUT2D eigenvalue weighted by molar-refractivity contribution is 0.0652. The predicted octanol–water partition coefficient (Wildman–Crippen LogP) is 1.26. The van der Waals surface area contributed by atoms with E-state index in [-0.39, 0.29) is 11.8 Å². The number of aliphatic imine (C=N–C) groups is 1. The minimum Gasteiger partial charge on any atom is -0.385 e. The van der Waals surface area contributed by atoms with E-state index in [1.165, 1.54) is 4.90 Å². The van der Waals surface area contributed by atoms with Gasteiger partial charge in [-0.2, -0.15) is 0 Å². The summed E-state index contributed by atoms with van der Waals surface area (Å²) in [6.07, 6.45) is 2.50. The zero-order chi connectivity index (χ0) is 18.1. The smallest absolute Gasteiger partial charge is 0.261 e. The molecule has 0 fully saturated rings. The van der Waals surface area contributed by atoms with E-state index in [0.717, 1.165) is 38.3 Å². The number of carbonyl (C=O) groups excluding carboxylic acids is 2. The van der Waals surface area contributed by atoms with Crippen molar-refractivity contribution in [3.8, 4) is 0 Å². The van der Waals surface area contributed by atoms with Crippen molar-refractivity contribution in [2.75, 3.05) is 40.4 Å². The molecule has 136 valence electrons. The number of guanidine groups is 1. The van der Waals surface area contributed by atoms with Gasteiger partial charge in [0.15, 0.2) is 5.96 Å². The first kappa shape index (κ1) is 18.9. The fraction of sp³-hybridized carbons (Fsp3) is 0.500. The summed E-state index contributed by atoms with van der Waals surface area (Å²) in [7, 11) is 3.41. The first-order valence-corrected chi connectivity index (χ1v) is 8.57. The van der Waals surface area contributed by atoms with Gasteiger partial charge in [-0.1, -0.05) is 12.1 Å². The maximum absolute atomic E-state index is 12.2. The molecule has 0 aromatic heterocycles. The van der Waals surface area contributed by atoms with E-state index in [0.29, 0.717) is 24.3 Å². The molecular formula is C18H26N4O3. The minimum atomic E-state index is -0.191. The van der Waals surface area contributed by atoms with Crippen LogP contribution in [-0.2, 0) is 4.74 Å². The lowest BCUT2D eigenvalue weighted by atomic mass is 10.1. The molecule has 0 aliphatic carbocycles. The number of methoxy groups -OCH3 is 1. The number of fused-ring (bicyclic) bond motifs is 1. The summed E-state index contributed by atoms with van der Waals surface area (Å²) < 4.78 is 5.00. The normalized spacial score (nSPS) is 14.0. The highest BCUT2D eigenvalue weighted by atomic mass is 16.5. The molecule has 1 heterocycles. The van der Waals surface area contributed by atoms with Crippen LogP contribution in [0.4, 0.5) is 0 Å². The van der Waals surface area contributed by atoms with Crippen LogP contribution in [0.15, 0.2) is 29.3 Å². The molecule has 0 bridgehead atoms. The van der Waals surface area contributed by atoms with Crippen molar-refractivity contribution in [2.24, 2.45) is 4.99 Å². The fourth-order valence-electron chi connectivity index (χ4n) is 2.69. The van der Waals surface area contributed by atoms with E-state index < -0.39 is 0 Å². The largest absolute Gasteiger partial charge is 0.385 e. The average Bonchev–Trinajstić information content (AvgIpc) is 2.88. The topological polar surface area (TPSA) is 83.0 Å². The van der Waals surface area contributed by atoms with Crippen molar-refractivity contribution in [3.05, 3.63) is 35.4 Å². The predicted molar refractivity (Wildman–Crippen MR) is 96.9 cm³/mol. The van der Waals surface area contributed by atoms with Gasteiger partial charge < -0.3 is 15.4 Å². The van der Waals surface area contributed by atoms with Crippen LogP contribution in [0.1, 0.15) is 40.0 Å². The Hall–Kier alpha value is -2.41. The molecule has 7 nitrogen and oxygen atoms in total. The molecule has 0 unspecified atom stereocenters. The Morgan fingerprint density at radius 3 is 2.20 bits per heavy atom. The van der Waals surface area contributed by atoms with Gasteiger partial charge >= 0.3 is 0 Å². The van der Waals surface area contributed by atoms with Crippen molar-refractivity contribution in [3.63, 3.8) is 0 Å². The molecule has 2 N–H and O–H groups in total. The Balaban J connectivity index is 1.67. The lowest BCUT2D eigenvalue weighted by Gasteiger charge is -2.14. The third-order valence-electron chi connectivity index (χ3n) is 4.02. The van der Waals surface area contributed by atoms with Crippen LogP contribution in [-0.4, -0.2) is 63.1 Å². The number of hydrogen-bond acceptors (Lipinski definition) is 4. The summed E-state index contributed by atoms with van der Waals surface area (Å²) >= 11 is 0. The number of ether oxygens (including phenoxy) is 1. The maximum atomic E-state index is 12.2. The Labute approximate surface area is 148 Å². The van der Waals surface area contributed by atoms with E-state index in [9.17, 15) is 9.59 Å². The van der Waals surface area contributed by atoms with Crippen LogP contribution in [0.2, 0.25) is 0 Å². The number of hydrogen-bond donors (Lipinski definition) is 2. The van der Waals surface area contributed by atoms with Gasteiger partial charge in [0.1, 0.15) is 0 Å². The Kier molecular flexibility index (Phi) is 7.40. The Morgan fingerprint density at radius 2 is 1.64 bits per heavy atom. The van der Waals surface area contributed by atoms with Crippen LogP contribution < -0.4 is 10.6 Å². The van der Waals surface area contributed by atoms with Gasteiger partial charge in [0.2, 0.25) is 0 Å². The number of imide groups is 1. The SMILES string of the molecule is CN=C(NCCCCN1C(=O)c2ccccc2C1=O)NCCCOC. The maximum Gasteiger partial charge on any atom is 0.261 e. The summed E-state index contributed by atoms with van der Waals surface area (Å²) in [6.45, 7) is 2.67. The quantitative estimate of drug-likeness (QED) is 0.304. The number of carbonyl (C=O) groups is 2. The van der Waals surface area contributed by atoms with Gasteiger partial charge in [-0.25, -0.2) is 0 Å². The molecule has 1 aliphatic heterocycles. The van der Waals surface area contributed by atoms with Crippen LogP contribution in [0, 0.1) is 0 Å². The molecule has 0 saturated carbocycles. The Bertz CT molecular complexity index is 596. The number of rotatable bonds is 9. The second-order valence-electron chi connectivity index (χ2n) is 5.79. The van der Waals surface area contributed by atoms with Gasteiger partial charge in [0.05, 0.1) is 11.1 Å². The molecule has 7 heteroatoms. The van der Waals surface area contributed by atoms with Crippen LogP contribution in [0.3, 0.4) is 0 Å². The van der Waals surface area contributed by atoms with Gasteiger partial charge in [-0.15, -0.1) is 0 Å². The second kappa shape index (κ2) is 9.78. The first-order valence-electron chi connectivity index (χ1n) is 8.57. The van der Waals surface area contributed by atoms with Crippen LogP contribution >= 0.6 is 0 Å². The van der Waals surface area contributed by atoms with Crippen LogP contribution in [0.5, 0.6) is 0 Å². The van der Waals surface area contributed by atoms with E-state index in [1.807, 2.05) is 0 Å². The highest BCUT2D eigenvalue weighted by Crippen LogP contribution is 2.22. The third kappa shape index (κ3) is 5.03. The van der Waals surface area contributed by atoms with E-state index >= 15 is 0 Å². The van der Waals surface area contributed by atoms with Crippen LogP contribution in [0.25, 0.3) is 0 Å². The number of amides is 2. The monoisotopic (exact) mass is 346 g/mol. The number of unbranched alkanes of at least 4 members (excludes halogenated alkanes) is 1. The highest BCUT2D eigenvalue weighted by Gasteiger charge is 2.34. The molecule has 25 heavy (non-hydrogen) atoms. The molecule has 0 spiro atoms. The molecular weight excluding hydrogens is 320 g/mol. The standard InChI is InChI=1S/C18H26N4O3/c1-19-18(21-11-7-13-25-2)20-10-5-6-12-22-16(23)14-8-3-4-9-15(14)17(22)24/h3-4,8-9H,5-7,10-13H2,1-2H3,(H2,19,20,21). The third-order valence-corrected chi connectivity index (χ3v) is 4.02. The van der Waals surface area contributed by atoms with Gasteiger partial charge in [-0.3, -0.25) is 19.5 Å². The summed E-state index contributed by atoms with van der Waals surface area (Å²) in [5, 5.41) is 6.42. The van der Waals surface area contributed by atoms with Gasteiger partial charge in [0.25, 0.3) is 11.8 Å². The number of nitrogens with zero attached hydrogens (tertiary/aromatic N) is 2. The van der Waals surface area contributed by atoms with Crippen molar-refractivity contribution >= 4 is 17.8 Å². The molecule has 2 rings (SSSR count). The van der Waals surface area contributed by atoms with E-state index in [4.69, 9.17) is 4.74 Å². The zero-order valence-corrected chi connectivity index (χ0v) is 14.9. The highest BCUT2D eigenvalue weighted by molar-refractivity contribution is 6.21. The molecule has 1 aromatic carbocycles. The number of nitrogens with one attached hydrogen (secondary N) is 2. The van der Waals surface area contributed by atoms with Crippen molar-refractivity contribution in [1.29, 1.82) is 0 Å². The molecule has 0 atom stereocenters. The molecule has 2 amide bonds. The van der Waals surface area contributed by atoms with Crippen molar-refractivity contribution in [1.82, 2.24) is 15.5 Å². The van der Waals surface area contributed by atoms with Gasteiger partial charge in [0, 0.05) is 40.4 Å². The second-order valence-corrected chi connectivity index (χ2v) is 5.79.